The first-order valence-corrected chi connectivity index (χ1v) is 11.3. The van der Waals surface area contributed by atoms with E-state index in [9.17, 15) is 19.2 Å². The van der Waals surface area contributed by atoms with Gasteiger partial charge in [0.25, 0.3) is 17.7 Å². The molecule has 0 spiro atoms. The molecule has 0 aromatic heterocycles. The lowest BCUT2D eigenvalue weighted by Crippen LogP contribution is -2.37. The molecule has 1 saturated carbocycles. The van der Waals surface area contributed by atoms with Crippen LogP contribution < -0.4 is 10.2 Å². The lowest BCUT2D eigenvalue weighted by molar-refractivity contribution is -0.148. The smallest absolute Gasteiger partial charge is 0.309 e. The van der Waals surface area contributed by atoms with E-state index in [2.05, 4.69) is 5.32 Å². The Morgan fingerprint density at radius 2 is 1.76 bits per heavy atom. The number of nitrogens with zero attached hydrogens (tertiary/aromatic N) is 1. The van der Waals surface area contributed by atoms with Crippen LogP contribution in [-0.2, 0) is 9.53 Å². The third kappa shape index (κ3) is 4.15. The number of hydrogen-bond acceptors (Lipinski definition) is 5. The normalized spacial score (nSPS) is 19.9. The van der Waals surface area contributed by atoms with Gasteiger partial charge in [0.15, 0.2) is 0 Å². The number of nitrogens with one attached hydrogen (secondary N) is 1. The molecule has 0 saturated heterocycles. The van der Waals surface area contributed by atoms with Gasteiger partial charge in [0.2, 0.25) is 0 Å². The summed E-state index contributed by atoms with van der Waals surface area (Å²) in [4.78, 5) is 52.2. The number of benzene rings is 2. The van der Waals surface area contributed by atoms with E-state index in [0.717, 1.165) is 36.8 Å². The number of aryl methyl sites for hydroxylation is 1. The first-order chi connectivity index (χ1) is 15.8. The van der Waals surface area contributed by atoms with Crippen molar-refractivity contribution in [1.29, 1.82) is 0 Å². The number of carbonyl (C=O) groups excluding carboxylic acids is 4. The molecule has 0 bridgehead atoms. The van der Waals surface area contributed by atoms with Crippen LogP contribution in [-0.4, -0.2) is 37.3 Å². The Kier molecular flexibility index (Phi) is 6.31. The van der Waals surface area contributed by atoms with Crippen molar-refractivity contribution in [2.45, 2.75) is 39.5 Å². The van der Waals surface area contributed by atoms with E-state index in [1.807, 2.05) is 26.0 Å². The maximum Gasteiger partial charge on any atom is 0.309 e. The number of anilines is 1. The van der Waals surface area contributed by atoms with Crippen molar-refractivity contribution in [2.75, 3.05) is 18.6 Å². The topological polar surface area (TPSA) is 92.8 Å². The molecule has 172 valence electrons. The zero-order valence-corrected chi connectivity index (χ0v) is 19.1. The van der Waals surface area contributed by atoms with Crippen LogP contribution in [0.1, 0.15) is 67.9 Å². The Balaban J connectivity index is 1.51. The largest absolute Gasteiger partial charge is 0.469 e. The molecule has 1 N–H and O–H groups in total. The number of carbonyl (C=O) groups is 4. The van der Waals surface area contributed by atoms with Crippen LogP contribution in [0, 0.1) is 25.7 Å². The van der Waals surface area contributed by atoms with Gasteiger partial charge in [-0.05, 0) is 68.0 Å². The molecule has 7 nitrogen and oxygen atoms in total. The van der Waals surface area contributed by atoms with E-state index in [0.29, 0.717) is 17.8 Å². The molecular weight excluding hydrogens is 420 g/mol. The summed E-state index contributed by atoms with van der Waals surface area (Å²) in [6, 6.07) is 10.1. The zero-order valence-electron chi connectivity index (χ0n) is 19.1. The number of imide groups is 1. The number of esters is 1. The van der Waals surface area contributed by atoms with E-state index in [4.69, 9.17) is 4.74 Å². The van der Waals surface area contributed by atoms with Crippen molar-refractivity contribution < 1.29 is 23.9 Å². The highest BCUT2D eigenvalue weighted by Gasteiger charge is 2.38. The molecule has 1 fully saturated rings. The van der Waals surface area contributed by atoms with Gasteiger partial charge in [-0.2, -0.15) is 0 Å². The molecule has 3 amide bonds. The number of ether oxygens (including phenoxy) is 1. The van der Waals surface area contributed by atoms with Crippen molar-refractivity contribution in [3.63, 3.8) is 0 Å². The number of rotatable bonds is 5. The third-order valence-electron chi connectivity index (χ3n) is 6.90. The number of methoxy groups -OCH3 is 1. The Morgan fingerprint density at radius 1 is 1.03 bits per heavy atom. The Morgan fingerprint density at radius 3 is 2.52 bits per heavy atom. The minimum Gasteiger partial charge on any atom is -0.469 e. The quantitative estimate of drug-likeness (QED) is 0.555. The molecular formula is C26H28N2O5. The van der Waals surface area contributed by atoms with Crippen LogP contribution in [0.2, 0.25) is 0 Å². The van der Waals surface area contributed by atoms with Gasteiger partial charge in [-0.1, -0.05) is 25.0 Å². The predicted octanol–water partition coefficient (Wildman–Crippen LogP) is 3.81. The van der Waals surface area contributed by atoms with E-state index in [-0.39, 0.29) is 34.8 Å². The van der Waals surface area contributed by atoms with Crippen LogP contribution in [0.25, 0.3) is 0 Å². The van der Waals surface area contributed by atoms with Gasteiger partial charge in [-0.25, -0.2) is 4.90 Å². The molecule has 1 aliphatic carbocycles. The number of fused-ring (bicyclic) bond motifs is 1. The maximum atomic E-state index is 13.1. The fourth-order valence-electron chi connectivity index (χ4n) is 4.82. The zero-order chi connectivity index (χ0) is 23.7. The first kappa shape index (κ1) is 22.7. The summed E-state index contributed by atoms with van der Waals surface area (Å²) < 4.78 is 4.92. The maximum absolute atomic E-state index is 13.1. The molecule has 0 radical (unpaired) electrons. The van der Waals surface area contributed by atoms with Crippen molar-refractivity contribution in [3.05, 3.63) is 64.2 Å². The molecule has 1 heterocycles. The fraction of sp³-hybridized carbons (Fsp3) is 0.385. The summed E-state index contributed by atoms with van der Waals surface area (Å²) in [7, 11) is 1.39. The molecule has 1 aliphatic heterocycles. The van der Waals surface area contributed by atoms with Gasteiger partial charge >= 0.3 is 5.97 Å². The summed E-state index contributed by atoms with van der Waals surface area (Å²) in [5, 5.41) is 2.90. The van der Waals surface area contributed by atoms with Crippen LogP contribution >= 0.6 is 0 Å². The highest BCUT2D eigenvalue weighted by molar-refractivity contribution is 6.35. The lowest BCUT2D eigenvalue weighted by atomic mass is 9.79. The van der Waals surface area contributed by atoms with Crippen LogP contribution in [0.15, 0.2) is 36.4 Å². The summed E-state index contributed by atoms with van der Waals surface area (Å²) in [6.45, 7) is 4.16. The highest BCUT2D eigenvalue weighted by Crippen LogP contribution is 2.33. The second-order valence-corrected chi connectivity index (χ2v) is 8.81. The fourth-order valence-corrected chi connectivity index (χ4v) is 4.82. The van der Waals surface area contributed by atoms with Gasteiger partial charge in [-0.15, -0.1) is 0 Å². The van der Waals surface area contributed by atoms with Crippen molar-refractivity contribution in [1.82, 2.24) is 5.32 Å². The lowest BCUT2D eigenvalue weighted by Gasteiger charge is -2.29. The van der Waals surface area contributed by atoms with E-state index < -0.39 is 11.8 Å². The van der Waals surface area contributed by atoms with Gasteiger partial charge in [-0.3, -0.25) is 19.2 Å². The molecule has 7 heteroatoms. The Bertz CT molecular complexity index is 1140. The highest BCUT2D eigenvalue weighted by atomic mass is 16.5. The first-order valence-electron chi connectivity index (χ1n) is 11.3. The molecule has 2 unspecified atom stereocenters. The molecule has 4 rings (SSSR count). The molecule has 33 heavy (non-hydrogen) atoms. The third-order valence-corrected chi connectivity index (χ3v) is 6.90. The summed E-state index contributed by atoms with van der Waals surface area (Å²) >= 11 is 0. The molecule has 2 atom stereocenters. The van der Waals surface area contributed by atoms with E-state index in [1.165, 1.54) is 24.1 Å². The predicted molar refractivity (Wildman–Crippen MR) is 123 cm³/mol. The van der Waals surface area contributed by atoms with Gasteiger partial charge in [0.05, 0.1) is 29.8 Å². The average Bonchev–Trinajstić information content (AvgIpc) is 3.08. The van der Waals surface area contributed by atoms with E-state index in [1.54, 1.807) is 12.1 Å². The minimum atomic E-state index is -0.434. The number of hydrogen-bond donors (Lipinski definition) is 1. The van der Waals surface area contributed by atoms with Gasteiger partial charge in [0, 0.05) is 12.1 Å². The minimum absolute atomic E-state index is 0.0209. The Hall–Kier alpha value is -3.48. The second kappa shape index (κ2) is 9.17. The van der Waals surface area contributed by atoms with Crippen molar-refractivity contribution >= 4 is 29.4 Å². The van der Waals surface area contributed by atoms with Crippen molar-refractivity contribution in [3.8, 4) is 0 Å². The summed E-state index contributed by atoms with van der Waals surface area (Å²) in [6.07, 6.45) is 3.60. The van der Waals surface area contributed by atoms with Gasteiger partial charge < -0.3 is 10.1 Å². The van der Waals surface area contributed by atoms with Crippen LogP contribution in [0.5, 0.6) is 0 Å². The average molecular weight is 449 g/mol. The number of amides is 3. The standard InChI is InChI=1S/C26H28N2O5/c1-15-7-6-10-22(16(15)2)28-24(30)20-12-11-17(13-21(20)25(28)31)23(29)27-14-18-8-4-5-9-19(18)26(32)33-3/h6-7,10-13,18-19H,4-5,8-9,14H2,1-3H3,(H,27,29). The Labute approximate surface area is 193 Å². The van der Waals surface area contributed by atoms with Crippen molar-refractivity contribution in [2.24, 2.45) is 11.8 Å². The SMILES string of the molecule is COC(=O)C1CCCCC1CNC(=O)c1ccc2c(c1)C(=O)N(c1cccc(C)c1C)C2=O. The molecule has 2 aliphatic rings. The van der Waals surface area contributed by atoms with Gasteiger partial charge in [0.1, 0.15) is 0 Å². The molecule has 2 aromatic rings. The second-order valence-electron chi connectivity index (χ2n) is 8.81. The summed E-state index contributed by atoms with van der Waals surface area (Å²) in [5.74, 6) is -1.59. The van der Waals surface area contributed by atoms with Crippen LogP contribution in [0.3, 0.4) is 0 Å². The summed E-state index contributed by atoms with van der Waals surface area (Å²) in [5.41, 5.74) is 3.21. The monoisotopic (exact) mass is 448 g/mol. The van der Waals surface area contributed by atoms with Crippen LogP contribution in [0.4, 0.5) is 5.69 Å². The molecule has 2 aromatic carbocycles. The van der Waals surface area contributed by atoms with E-state index >= 15 is 0 Å².